The molecule has 0 aliphatic heterocycles. The fraction of sp³-hybridized carbons (Fsp3) is 0.125. The molecular formula is C24H24N2O4S. The Kier molecular flexibility index (Phi) is 7.45. The van der Waals surface area contributed by atoms with Gasteiger partial charge in [0, 0.05) is 6.54 Å². The van der Waals surface area contributed by atoms with Gasteiger partial charge in [0.25, 0.3) is 10.0 Å². The lowest BCUT2D eigenvalue weighted by atomic mass is 10.2. The number of sulfonamides is 1. The van der Waals surface area contributed by atoms with Gasteiger partial charge in [0.05, 0.1) is 18.2 Å². The Hall–Kier alpha value is -3.58. The highest BCUT2D eigenvalue weighted by Gasteiger charge is 2.23. The highest BCUT2D eigenvalue weighted by molar-refractivity contribution is 7.95. The van der Waals surface area contributed by atoms with E-state index in [1.807, 2.05) is 48.5 Å². The number of hydrogen-bond acceptors (Lipinski definition) is 4. The van der Waals surface area contributed by atoms with Crippen LogP contribution in [0.1, 0.15) is 11.1 Å². The monoisotopic (exact) mass is 436 g/mol. The summed E-state index contributed by atoms with van der Waals surface area (Å²) in [7, 11) is -2.39. The van der Waals surface area contributed by atoms with Gasteiger partial charge in [-0.15, -0.1) is 0 Å². The number of nitrogens with zero attached hydrogens (tertiary/aromatic N) is 1. The van der Waals surface area contributed by atoms with Gasteiger partial charge < -0.3 is 10.1 Å². The van der Waals surface area contributed by atoms with Crippen LogP contribution in [0.4, 0.5) is 5.69 Å². The van der Waals surface area contributed by atoms with E-state index in [9.17, 15) is 13.2 Å². The molecule has 0 bridgehead atoms. The van der Waals surface area contributed by atoms with Gasteiger partial charge in [0.2, 0.25) is 5.91 Å². The Morgan fingerprint density at radius 1 is 0.935 bits per heavy atom. The van der Waals surface area contributed by atoms with Gasteiger partial charge >= 0.3 is 0 Å². The minimum atomic E-state index is -3.92. The van der Waals surface area contributed by atoms with Gasteiger partial charge in [-0.3, -0.25) is 9.10 Å². The van der Waals surface area contributed by atoms with E-state index in [0.29, 0.717) is 18.0 Å². The molecule has 0 fully saturated rings. The maximum absolute atomic E-state index is 13.1. The lowest BCUT2D eigenvalue weighted by Gasteiger charge is -2.22. The van der Waals surface area contributed by atoms with E-state index in [-0.39, 0.29) is 6.54 Å². The van der Waals surface area contributed by atoms with Gasteiger partial charge in [0.15, 0.2) is 0 Å². The van der Waals surface area contributed by atoms with Crippen molar-refractivity contribution in [3.63, 3.8) is 0 Å². The molecule has 0 aromatic heterocycles. The van der Waals surface area contributed by atoms with Crippen molar-refractivity contribution in [3.8, 4) is 5.75 Å². The van der Waals surface area contributed by atoms with Crippen molar-refractivity contribution in [1.29, 1.82) is 0 Å². The predicted molar refractivity (Wildman–Crippen MR) is 123 cm³/mol. The largest absolute Gasteiger partial charge is 0.497 e. The van der Waals surface area contributed by atoms with Crippen molar-refractivity contribution in [2.75, 3.05) is 18.0 Å². The molecule has 0 heterocycles. The summed E-state index contributed by atoms with van der Waals surface area (Å²) in [5.41, 5.74) is 2.04. The molecule has 3 rings (SSSR count). The van der Waals surface area contributed by atoms with E-state index in [0.717, 1.165) is 20.8 Å². The number of rotatable bonds is 9. The molecule has 1 amide bonds. The van der Waals surface area contributed by atoms with E-state index in [2.05, 4.69) is 5.32 Å². The number of carbonyl (C=O) groups excluding carboxylic acids is 1. The van der Waals surface area contributed by atoms with Crippen LogP contribution in [0.3, 0.4) is 0 Å². The molecule has 0 spiro atoms. The van der Waals surface area contributed by atoms with E-state index in [4.69, 9.17) is 4.74 Å². The summed E-state index contributed by atoms with van der Waals surface area (Å²) in [5, 5.41) is 3.88. The third-order valence-corrected chi connectivity index (χ3v) is 5.95. The number of hydrogen-bond donors (Lipinski definition) is 1. The van der Waals surface area contributed by atoms with Crippen LogP contribution in [-0.4, -0.2) is 28.0 Å². The summed E-state index contributed by atoms with van der Waals surface area (Å²) >= 11 is 0. The van der Waals surface area contributed by atoms with Crippen LogP contribution in [0.25, 0.3) is 6.08 Å². The van der Waals surface area contributed by atoms with Crippen LogP contribution >= 0.6 is 0 Å². The normalized spacial score (nSPS) is 11.3. The first-order chi connectivity index (χ1) is 15.0. The van der Waals surface area contributed by atoms with Gasteiger partial charge in [-0.25, -0.2) is 8.42 Å². The van der Waals surface area contributed by atoms with E-state index < -0.39 is 15.9 Å². The van der Waals surface area contributed by atoms with Crippen molar-refractivity contribution in [2.45, 2.75) is 6.54 Å². The number of nitrogens with one attached hydrogen (secondary N) is 1. The molecule has 1 N–H and O–H groups in total. The first-order valence-corrected chi connectivity index (χ1v) is 11.2. The molecule has 31 heavy (non-hydrogen) atoms. The number of carbonyl (C=O) groups is 1. The summed E-state index contributed by atoms with van der Waals surface area (Å²) in [4.78, 5) is 12.6. The van der Waals surface area contributed by atoms with Gasteiger partial charge in [-0.05, 0) is 41.5 Å². The molecule has 6 nitrogen and oxygen atoms in total. The highest BCUT2D eigenvalue weighted by atomic mass is 32.2. The molecule has 3 aromatic rings. The molecule has 0 aliphatic rings. The Morgan fingerprint density at radius 2 is 1.55 bits per heavy atom. The van der Waals surface area contributed by atoms with Crippen LogP contribution in [-0.2, 0) is 21.4 Å². The van der Waals surface area contributed by atoms with Crippen molar-refractivity contribution in [1.82, 2.24) is 5.32 Å². The summed E-state index contributed by atoms with van der Waals surface area (Å²) in [6.45, 7) is -0.0311. The van der Waals surface area contributed by atoms with E-state index in [1.165, 1.54) is 13.2 Å². The maximum Gasteiger partial charge on any atom is 0.257 e. The number of ether oxygens (including phenoxy) is 1. The zero-order chi connectivity index (χ0) is 22.1. The molecule has 160 valence electrons. The molecule has 0 radical (unpaired) electrons. The number of methoxy groups -OCH3 is 1. The minimum absolute atomic E-state index is 0.316. The first-order valence-electron chi connectivity index (χ1n) is 9.68. The molecule has 7 heteroatoms. The van der Waals surface area contributed by atoms with Crippen LogP contribution in [0.5, 0.6) is 5.75 Å². The second-order valence-electron chi connectivity index (χ2n) is 6.73. The molecular weight excluding hydrogens is 412 g/mol. The summed E-state index contributed by atoms with van der Waals surface area (Å²) in [5.74, 6) is 0.186. The first kappa shape index (κ1) is 22.1. The number of benzene rings is 3. The minimum Gasteiger partial charge on any atom is -0.497 e. The summed E-state index contributed by atoms with van der Waals surface area (Å²) in [6.07, 6.45) is 1.51. The van der Waals surface area contributed by atoms with Crippen LogP contribution < -0.4 is 14.4 Å². The maximum atomic E-state index is 13.1. The predicted octanol–water partition coefficient (Wildman–Crippen LogP) is 3.82. The van der Waals surface area contributed by atoms with E-state index >= 15 is 0 Å². The Balaban J connectivity index is 1.81. The standard InChI is InChI=1S/C24H24N2O4S/c1-30-23-14-12-22(13-15-23)26(19-24(27)25-18-21-10-6-3-7-11-21)31(28,29)17-16-20-8-4-2-5-9-20/h2-17H,18-19H2,1H3,(H,25,27)/b17-16+. The highest BCUT2D eigenvalue weighted by Crippen LogP contribution is 2.23. The van der Waals surface area contributed by atoms with Gasteiger partial charge in [-0.1, -0.05) is 60.7 Å². The lowest BCUT2D eigenvalue weighted by molar-refractivity contribution is -0.119. The SMILES string of the molecule is COc1ccc(N(CC(=O)NCc2ccccc2)S(=O)(=O)/C=C/c2ccccc2)cc1. The Morgan fingerprint density at radius 3 is 2.16 bits per heavy atom. The average Bonchev–Trinajstić information content (AvgIpc) is 2.81. The Bertz CT molecular complexity index is 1110. The van der Waals surface area contributed by atoms with Crippen molar-refractivity contribution >= 4 is 27.7 Å². The van der Waals surface area contributed by atoms with E-state index in [1.54, 1.807) is 36.4 Å². The average molecular weight is 437 g/mol. The van der Waals surface area contributed by atoms with Crippen molar-refractivity contribution in [3.05, 3.63) is 101 Å². The molecule has 0 unspecified atom stereocenters. The fourth-order valence-corrected chi connectivity index (χ4v) is 4.05. The molecule has 0 atom stereocenters. The Labute approximate surface area is 182 Å². The molecule has 0 aliphatic carbocycles. The zero-order valence-corrected chi connectivity index (χ0v) is 18.0. The van der Waals surface area contributed by atoms with Crippen molar-refractivity contribution in [2.24, 2.45) is 0 Å². The second-order valence-corrected chi connectivity index (χ2v) is 8.47. The smallest absolute Gasteiger partial charge is 0.257 e. The van der Waals surface area contributed by atoms with Crippen molar-refractivity contribution < 1.29 is 17.9 Å². The molecule has 3 aromatic carbocycles. The number of anilines is 1. The number of amides is 1. The topological polar surface area (TPSA) is 75.7 Å². The lowest BCUT2D eigenvalue weighted by Crippen LogP contribution is -2.39. The third-order valence-electron chi connectivity index (χ3n) is 4.52. The summed E-state index contributed by atoms with van der Waals surface area (Å²) in [6, 6.07) is 25.1. The quantitative estimate of drug-likeness (QED) is 0.553. The fourth-order valence-electron chi connectivity index (χ4n) is 2.86. The third kappa shape index (κ3) is 6.45. The van der Waals surface area contributed by atoms with Crippen LogP contribution in [0.15, 0.2) is 90.3 Å². The summed E-state index contributed by atoms with van der Waals surface area (Å²) < 4.78 is 32.4. The van der Waals surface area contributed by atoms with Crippen LogP contribution in [0, 0.1) is 0 Å². The molecule has 0 saturated carbocycles. The van der Waals surface area contributed by atoms with Gasteiger partial charge in [-0.2, -0.15) is 0 Å². The second kappa shape index (κ2) is 10.4. The van der Waals surface area contributed by atoms with Crippen LogP contribution in [0.2, 0.25) is 0 Å². The van der Waals surface area contributed by atoms with Gasteiger partial charge in [0.1, 0.15) is 12.3 Å². The zero-order valence-electron chi connectivity index (χ0n) is 17.1. The molecule has 0 saturated heterocycles.